The number of hydrogen-bond donors (Lipinski definition) is 1. The van der Waals surface area contributed by atoms with Crippen LogP contribution >= 0.6 is 0 Å². The number of furan rings is 1. The van der Waals surface area contributed by atoms with Crippen LogP contribution in [-0.2, 0) is 0 Å². The number of aromatic amines is 1. The molecule has 0 amide bonds. The fourth-order valence-corrected chi connectivity index (χ4v) is 0.672. The number of fused-ring (bicyclic) bond motifs is 1. The average Bonchev–Trinajstić information content (AvgIpc) is 2.49. The Morgan fingerprint density at radius 2 is 2.30 bits per heavy atom. The second kappa shape index (κ2) is 3.06. The highest BCUT2D eigenvalue weighted by molar-refractivity contribution is 5.71. The van der Waals surface area contributed by atoms with E-state index in [1.807, 2.05) is 19.9 Å². The van der Waals surface area contributed by atoms with Crippen molar-refractivity contribution in [3.8, 4) is 0 Å². The van der Waals surface area contributed by atoms with Gasteiger partial charge in [-0.1, -0.05) is 13.8 Å². The van der Waals surface area contributed by atoms with E-state index < -0.39 is 0 Å². The molecular formula is C7H10N2O. The molecule has 0 aliphatic rings. The predicted molar refractivity (Wildman–Crippen MR) is 39.7 cm³/mol. The summed E-state index contributed by atoms with van der Waals surface area (Å²) < 4.78 is 4.94. The van der Waals surface area contributed by atoms with Gasteiger partial charge in [0.25, 0.3) is 0 Å². The molecule has 0 aliphatic carbocycles. The molecule has 0 spiro atoms. The van der Waals surface area contributed by atoms with E-state index >= 15 is 0 Å². The fraction of sp³-hybridized carbons (Fsp3) is 0.286. The Morgan fingerprint density at radius 1 is 1.50 bits per heavy atom. The molecule has 0 atom stereocenters. The second-order valence-electron chi connectivity index (χ2n) is 1.58. The molecule has 0 aliphatic heterocycles. The fourth-order valence-electron chi connectivity index (χ4n) is 0.672. The minimum absolute atomic E-state index is 0.741. The standard InChI is InChI=1S/C5H4N2O.C2H6/c1-2-8-5-4(1)3-6-7-5;1-2/h1-3H,(H,6,7);1-2H3. The lowest BCUT2D eigenvalue weighted by Crippen LogP contribution is -1.58. The molecule has 0 radical (unpaired) electrons. The molecule has 2 rings (SSSR count). The zero-order valence-corrected chi connectivity index (χ0v) is 6.09. The van der Waals surface area contributed by atoms with E-state index in [0.717, 1.165) is 11.1 Å². The number of H-pyrrole nitrogens is 1. The molecule has 54 valence electrons. The Morgan fingerprint density at radius 3 is 3.00 bits per heavy atom. The second-order valence-corrected chi connectivity index (χ2v) is 1.58. The maximum Gasteiger partial charge on any atom is 0.221 e. The van der Waals surface area contributed by atoms with E-state index in [1.54, 1.807) is 12.5 Å². The third-order valence-corrected chi connectivity index (χ3v) is 1.07. The first kappa shape index (κ1) is 6.86. The lowest BCUT2D eigenvalue weighted by Gasteiger charge is -1.66. The largest absolute Gasteiger partial charge is 0.447 e. The predicted octanol–water partition coefficient (Wildman–Crippen LogP) is 2.18. The minimum atomic E-state index is 0.741. The molecule has 10 heavy (non-hydrogen) atoms. The van der Waals surface area contributed by atoms with Gasteiger partial charge in [0.05, 0.1) is 17.8 Å². The number of hydrogen-bond acceptors (Lipinski definition) is 2. The Balaban J connectivity index is 0.000000231. The summed E-state index contributed by atoms with van der Waals surface area (Å²) in [7, 11) is 0. The molecule has 0 aromatic carbocycles. The van der Waals surface area contributed by atoms with E-state index in [-0.39, 0.29) is 0 Å². The van der Waals surface area contributed by atoms with Gasteiger partial charge in [0.1, 0.15) is 0 Å². The number of aromatic nitrogens is 2. The van der Waals surface area contributed by atoms with Crippen LogP contribution in [0.2, 0.25) is 0 Å². The van der Waals surface area contributed by atoms with E-state index in [1.165, 1.54) is 0 Å². The molecule has 3 nitrogen and oxygen atoms in total. The van der Waals surface area contributed by atoms with Crippen LogP contribution in [0.25, 0.3) is 11.1 Å². The summed E-state index contributed by atoms with van der Waals surface area (Å²) in [5.74, 6) is 0. The van der Waals surface area contributed by atoms with E-state index in [9.17, 15) is 0 Å². The molecule has 0 fully saturated rings. The van der Waals surface area contributed by atoms with Gasteiger partial charge >= 0.3 is 0 Å². The topological polar surface area (TPSA) is 41.8 Å². The monoisotopic (exact) mass is 138 g/mol. The Hall–Kier alpha value is -1.25. The van der Waals surface area contributed by atoms with Crippen LogP contribution in [0.15, 0.2) is 22.9 Å². The third kappa shape index (κ3) is 1.03. The third-order valence-electron chi connectivity index (χ3n) is 1.07. The quantitative estimate of drug-likeness (QED) is 0.606. The van der Waals surface area contributed by atoms with Gasteiger partial charge in [0, 0.05) is 0 Å². The van der Waals surface area contributed by atoms with Gasteiger partial charge < -0.3 is 4.42 Å². The van der Waals surface area contributed by atoms with Crippen molar-refractivity contribution in [2.75, 3.05) is 0 Å². The van der Waals surface area contributed by atoms with Crippen LogP contribution in [0, 0.1) is 0 Å². The van der Waals surface area contributed by atoms with Crippen LogP contribution < -0.4 is 0 Å². The van der Waals surface area contributed by atoms with Gasteiger partial charge in [-0.15, -0.1) is 0 Å². The van der Waals surface area contributed by atoms with Crippen LogP contribution in [0.4, 0.5) is 0 Å². The summed E-state index contributed by atoms with van der Waals surface area (Å²) in [6, 6.07) is 1.86. The Labute approximate surface area is 59.0 Å². The van der Waals surface area contributed by atoms with Crippen LogP contribution in [0.3, 0.4) is 0 Å². The van der Waals surface area contributed by atoms with Gasteiger partial charge in [-0.05, 0) is 6.07 Å². The van der Waals surface area contributed by atoms with Crippen molar-refractivity contribution in [1.82, 2.24) is 10.2 Å². The summed E-state index contributed by atoms with van der Waals surface area (Å²) in [6.45, 7) is 4.00. The Kier molecular flexibility index (Phi) is 2.10. The lowest BCUT2D eigenvalue weighted by molar-refractivity contribution is 0.599. The summed E-state index contributed by atoms with van der Waals surface area (Å²) in [5, 5.41) is 7.44. The normalized spacial score (nSPS) is 9.00. The lowest BCUT2D eigenvalue weighted by atomic mass is 10.5. The first-order valence-electron chi connectivity index (χ1n) is 3.33. The smallest absolute Gasteiger partial charge is 0.221 e. The first-order chi connectivity index (χ1) is 4.97. The zero-order chi connectivity index (χ0) is 7.40. The summed E-state index contributed by atoms with van der Waals surface area (Å²) >= 11 is 0. The Bertz CT molecular complexity index is 233. The molecule has 2 aromatic rings. The highest BCUT2D eigenvalue weighted by atomic mass is 16.3. The highest BCUT2D eigenvalue weighted by Crippen LogP contribution is 2.08. The van der Waals surface area contributed by atoms with Gasteiger partial charge in [0.2, 0.25) is 5.71 Å². The molecule has 2 heterocycles. The van der Waals surface area contributed by atoms with Crippen molar-refractivity contribution < 1.29 is 4.42 Å². The van der Waals surface area contributed by atoms with E-state index in [2.05, 4.69) is 10.2 Å². The van der Waals surface area contributed by atoms with E-state index in [4.69, 9.17) is 4.42 Å². The van der Waals surface area contributed by atoms with Crippen molar-refractivity contribution in [3.63, 3.8) is 0 Å². The van der Waals surface area contributed by atoms with Gasteiger partial charge in [-0.25, -0.2) is 5.10 Å². The molecule has 3 heteroatoms. The molecule has 1 N–H and O–H groups in total. The van der Waals surface area contributed by atoms with Crippen molar-refractivity contribution in [3.05, 3.63) is 18.5 Å². The SMILES string of the molecule is CC.c1cc2cn[nH]c2o1. The van der Waals surface area contributed by atoms with E-state index in [0.29, 0.717) is 0 Å². The maximum absolute atomic E-state index is 4.94. The number of nitrogens with one attached hydrogen (secondary N) is 1. The molecule has 0 saturated carbocycles. The summed E-state index contributed by atoms with van der Waals surface area (Å²) in [5.41, 5.74) is 0.741. The van der Waals surface area contributed by atoms with Crippen molar-refractivity contribution in [2.45, 2.75) is 13.8 Å². The molecule has 0 bridgehead atoms. The summed E-state index contributed by atoms with van der Waals surface area (Å²) in [4.78, 5) is 0. The maximum atomic E-state index is 4.94. The molecule has 0 saturated heterocycles. The van der Waals surface area contributed by atoms with Crippen molar-refractivity contribution in [1.29, 1.82) is 0 Å². The molecular weight excluding hydrogens is 128 g/mol. The van der Waals surface area contributed by atoms with Gasteiger partial charge in [-0.2, -0.15) is 5.10 Å². The highest BCUT2D eigenvalue weighted by Gasteiger charge is 1.92. The summed E-state index contributed by atoms with van der Waals surface area (Å²) in [6.07, 6.45) is 3.35. The number of rotatable bonds is 0. The zero-order valence-electron chi connectivity index (χ0n) is 6.09. The molecule has 2 aromatic heterocycles. The minimum Gasteiger partial charge on any atom is -0.447 e. The average molecular weight is 138 g/mol. The van der Waals surface area contributed by atoms with Crippen LogP contribution in [0.5, 0.6) is 0 Å². The van der Waals surface area contributed by atoms with Crippen molar-refractivity contribution in [2.24, 2.45) is 0 Å². The van der Waals surface area contributed by atoms with Crippen LogP contribution in [0.1, 0.15) is 13.8 Å². The van der Waals surface area contributed by atoms with Crippen molar-refractivity contribution >= 4 is 11.1 Å². The van der Waals surface area contributed by atoms with Gasteiger partial charge in [-0.3, -0.25) is 0 Å². The molecule has 0 unspecified atom stereocenters. The number of nitrogens with zero attached hydrogens (tertiary/aromatic N) is 1. The first-order valence-corrected chi connectivity index (χ1v) is 3.33. The van der Waals surface area contributed by atoms with Gasteiger partial charge in [0.15, 0.2) is 0 Å². The van der Waals surface area contributed by atoms with Crippen LogP contribution in [-0.4, -0.2) is 10.2 Å².